The van der Waals surface area contributed by atoms with Gasteiger partial charge in [0.05, 0.1) is 18.5 Å². The first-order valence-electron chi connectivity index (χ1n) is 4.09. The fourth-order valence-corrected chi connectivity index (χ4v) is 2.37. The summed E-state index contributed by atoms with van der Waals surface area (Å²) in [7, 11) is -3.04. The molecule has 1 heterocycles. The van der Waals surface area contributed by atoms with Gasteiger partial charge in [-0.05, 0) is 13.8 Å². The number of ether oxygens (including phenoxy) is 1. The van der Waals surface area contributed by atoms with E-state index < -0.39 is 15.2 Å². The Labute approximate surface area is 73.2 Å². The zero-order valence-electron chi connectivity index (χ0n) is 7.41. The van der Waals surface area contributed by atoms with Crippen molar-refractivity contribution in [1.29, 1.82) is 0 Å². The molecule has 12 heavy (non-hydrogen) atoms. The van der Waals surface area contributed by atoms with Gasteiger partial charge in [-0.3, -0.25) is 5.32 Å². The molecule has 1 aliphatic heterocycles. The highest BCUT2D eigenvalue weighted by molar-refractivity contribution is 7.92. The summed E-state index contributed by atoms with van der Waals surface area (Å²) in [6.07, 6.45) is 0. The molecule has 0 amide bonds. The maximum Gasteiger partial charge on any atom is 0.170 e. The normalized spacial score (nSPS) is 26.1. The molecule has 1 rings (SSSR count). The molecule has 0 aromatic heterocycles. The SMILES string of the molecule is CC(C)S(=O)(=O)C1COCCN1. The summed E-state index contributed by atoms with van der Waals surface area (Å²) >= 11 is 0. The predicted octanol–water partition coefficient (Wildman–Crippen LogP) is -0.244. The number of hydrogen-bond donors (Lipinski definition) is 1. The average Bonchev–Trinajstić information content (AvgIpc) is 2.06. The second-order valence-corrected chi connectivity index (χ2v) is 5.85. The maximum absolute atomic E-state index is 11.5. The Morgan fingerprint density at radius 3 is 2.58 bits per heavy atom. The number of nitrogens with one attached hydrogen (secondary N) is 1. The molecule has 1 unspecified atom stereocenters. The highest BCUT2D eigenvalue weighted by Crippen LogP contribution is 2.09. The molecule has 5 heteroatoms. The lowest BCUT2D eigenvalue weighted by Gasteiger charge is -2.25. The lowest BCUT2D eigenvalue weighted by atomic mass is 10.5. The van der Waals surface area contributed by atoms with Crippen LogP contribution in [0.1, 0.15) is 13.8 Å². The van der Waals surface area contributed by atoms with Crippen LogP contribution in [0, 0.1) is 0 Å². The van der Waals surface area contributed by atoms with Gasteiger partial charge in [-0.2, -0.15) is 0 Å². The number of morpholine rings is 1. The van der Waals surface area contributed by atoms with Gasteiger partial charge in [0.25, 0.3) is 0 Å². The summed E-state index contributed by atoms with van der Waals surface area (Å²) in [5, 5.41) is 2.08. The summed E-state index contributed by atoms with van der Waals surface area (Å²) in [6, 6.07) is 0. The summed E-state index contributed by atoms with van der Waals surface area (Å²) in [6.45, 7) is 4.87. The van der Waals surface area contributed by atoms with Crippen LogP contribution >= 0.6 is 0 Å². The van der Waals surface area contributed by atoms with Crippen LogP contribution in [0.4, 0.5) is 0 Å². The molecule has 0 radical (unpaired) electrons. The van der Waals surface area contributed by atoms with E-state index in [0.717, 1.165) is 0 Å². The van der Waals surface area contributed by atoms with Crippen molar-refractivity contribution < 1.29 is 13.2 Å². The second kappa shape index (κ2) is 3.72. The zero-order valence-corrected chi connectivity index (χ0v) is 8.23. The molecule has 1 N–H and O–H groups in total. The van der Waals surface area contributed by atoms with E-state index in [0.29, 0.717) is 13.2 Å². The average molecular weight is 193 g/mol. The maximum atomic E-state index is 11.5. The third-order valence-electron chi connectivity index (χ3n) is 1.94. The van der Waals surface area contributed by atoms with Crippen molar-refractivity contribution in [3.8, 4) is 0 Å². The van der Waals surface area contributed by atoms with E-state index in [-0.39, 0.29) is 11.9 Å². The van der Waals surface area contributed by atoms with Crippen molar-refractivity contribution in [2.24, 2.45) is 0 Å². The minimum atomic E-state index is -3.04. The molecule has 0 aliphatic carbocycles. The lowest BCUT2D eigenvalue weighted by Crippen LogP contribution is -2.48. The third kappa shape index (κ3) is 1.97. The Morgan fingerprint density at radius 2 is 2.17 bits per heavy atom. The van der Waals surface area contributed by atoms with Crippen molar-refractivity contribution in [2.75, 3.05) is 19.8 Å². The molecule has 72 valence electrons. The Morgan fingerprint density at radius 1 is 1.50 bits per heavy atom. The summed E-state index contributed by atoms with van der Waals surface area (Å²) in [4.78, 5) is 0. The third-order valence-corrected chi connectivity index (χ3v) is 4.35. The van der Waals surface area contributed by atoms with Crippen molar-refractivity contribution in [3.63, 3.8) is 0 Å². The first-order valence-corrected chi connectivity index (χ1v) is 5.70. The number of rotatable bonds is 2. The topological polar surface area (TPSA) is 55.4 Å². The molecule has 0 saturated carbocycles. The van der Waals surface area contributed by atoms with Gasteiger partial charge in [0.1, 0.15) is 5.37 Å². The van der Waals surface area contributed by atoms with Crippen molar-refractivity contribution in [1.82, 2.24) is 5.32 Å². The first-order chi connectivity index (χ1) is 5.55. The molecule has 0 bridgehead atoms. The highest BCUT2D eigenvalue weighted by atomic mass is 32.2. The molecule has 1 fully saturated rings. The van der Waals surface area contributed by atoms with Crippen LogP contribution in [0.25, 0.3) is 0 Å². The molecule has 1 saturated heterocycles. The van der Waals surface area contributed by atoms with Gasteiger partial charge in [-0.25, -0.2) is 8.42 Å². The first kappa shape index (κ1) is 9.95. The van der Waals surface area contributed by atoms with E-state index >= 15 is 0 Å². The molecule has 1 atom stereocenters. The van der Waals surface area contributed by atoms with Gasteiger partial charge in [0.2, 0.25) is 0 Å². The summed E-state index contributed by atoms with van der Waals surface area (Å²) in [5.41, 5.74) is 0. The Kier molecular flexibility index (Phi) is 3.09. The van der Waals surface area contributed by atoms with Gasteiger partial charge >= 0.3 is 0 Å². The van der Waals surface area contributed by atoms with E-state index in [9.17, 15) is 8.42 Å². The van der Waals surface area contributed by atoms with E-state index in [1.165, 1.54) is 0 Å². The smallest absolute Gasteiger partial charge is 0.170 e. The van der Waals surface area contributed by atoms with Crippen LogP contribution in [-0.4, -0.2) is 38.8 Å². The van der Waals surface area contributed by atoms with E-state index in [2.05, 4.69) is 5.32 Å². The predicted molar refractivity (Wildman–Crippen MR) is 46.7 cm³/mol. The molecule has 0 spiro atoms. The van der Waals surface area contributed by atoms with Gasteiger partial charge in [0.15, 0.2) is 9.84 Å². The molecule has 1 aliphatic rings. The lowest BCUT2D eigenvalue weighted by molar-refractivity contribution is 0.0976. The van der Waals surface area contributed by atoms with Gasteiger partial charge in [0, 0.05) is 6.54 Å². The van der Waals surface area contributed by atoms with Gasteiger partial charge in [-0.15, -0.1) is 0 Å². The summed E-state index contributed by atoms with van der Waals surface area (Å²) < 4.78 is 28.2. The quantitative estimate of drug-likeness (QED) is 0.657. The zero-order chi connectivity index (χ0) is 9.19. The second-order valence-electron chi connectivity index (χ2n) is 3.16. The van der Waals surface area contributed by atoms with Gasteiger partial charge < -0.3 is 4.74 Å². The minimum absolute atomic E-state index is 0.278. The summed E-state index contributed by atoms with van der Waals surface area (Å²) in [5.74, 6) is 0. The van der Waals surface area contributed by atoms with Gasteiger partial charge in [-0.1, -0.05) is 0 Å². The van der Waals surface area contributed by atoms with E-state index in [1.807, 2.05) is 0 Å². The van der Waals surface area contributed by atoms with Crippen LogP contribution in [0.3, 0.4) is 0 Å². The molecular formula is C7H15NO3S. The van der Waals surface area contributed by atoms with E-state index in [1.54, 1.807) is 13.8 Å². The number of sulfone groups is 1. The Bertz CT molecular complexity index is 229. The van der Waals surface area contributed by atoms with E-state index in [4.69, 9.17) is 4.74 Å². The van der Waals surface area contributed by atoms with Crippen molar-refractivity contribution in [2.45, 2.75) is 24.5 Å². The molecule has 0 aromatic carbocycles. The highest BCUT2D eigenvalue weighted by Gasteiger charge is 2.29. The largest absolute Gasteiger partial charge is 0.377 e. The van der Waals surface area contributed by atoms with Crippen LogP contribution in [-0.2, 0) is 14.6 Å². The molecule has 4 nitrogen and oxygen atoms in total. The fraction of sp³-hybridized carbons (Fsp3) is 1.00. The number of hydrogen-bond acceptors (Lipinski definition) is 4. The monoisotopic (exact) mass is 193 g/mol. The molecular weight excluding hydrogens is 178 g/mol. The van der Waals surface area contributed by atoms with Crippen molar-refractivity contribution >= 4 is 9.84 Å². The molecule has 0 aromatic rings. The standard InChI is InChI=1S/C7H15NO3S/c1-6(2)12(9,10)7-5-11-4-3-8-7/h6-8H,3-5H2,1-2H3. The van der Waals surface area contributed by atoms with Crippen LogP contribution in [0.2, 0.25) is 0 Å². The van der Waals surface area contributed by atoms with Crippen LogP contribution < -0.4 is 5.32 Å². The van der Waals surface area contributed by atoms with Crippen LogP contribution in [0.5, 0.6) is 0 Å². The van der Waals surface area contributed by atoms with Crippen molar-refractivity contribution in [3.05, 3.63) is 0 Å². The van der Waals surface area contributed by atoms with Crippen LogP contribution in [0.15, 0.2) is 0 Å². The fourth-order valence-electron chi connectivity index (χ4n) is 1.08. The Balaban J connectivity index is 2.67. The Hall–Kier alpha value is -0.130. The minimum Gasteiger partial charge on any atom is -0.377 e.